The molecule has 1 saturated heterocycles. The monoisotopic (exact) mass is 238 g/mol. The number of likely N-dealkylation sites (tertiary alicyclic amines) is 1. The molecule has 0 aromatic heterocycles. The van der Waals surface area contributed by atoms with Crippen LogP contribution in [0.3, 0.4) is 0 Å². The maximum Gasteiger partial charge on any atom is 0.00925 e. The highest BCUT2D eigenvalue weighted by molar-refractivity contribution is 4.96. The Balaban J connectivity index is 1.51. The molecule has 0 radical (unpaired) electrons. The summed E-state index contributed by atoms with van der Waals surface area (Å²) in [6, 6.07) is 0.712. The third-order valence-corrected chi connectivity index (χ3v) is 5.06. The van der Waals surface area contributed by atoms with E-state index in [1.807, 2.05) is 0 Å². The average Bonchev–Trinajstić information content (AvgIpc) is 3.06. The summed E-state index contributed by atoms with van der Waals surface area (Å²) in [7, 11) is 0. The summed E-state index contributed by atoms with van der Waals surface area (Å²) in [5, 5.41) is 3.71. The van der Waals surface area contributed by atoms with Gasteiger partial charge in [-0.25, -0.2) is 0 Å². The Morgan fingerprint density at radius 1 is 1.29 bits per heavy atom. The Hall–Kier alpha value is -0.0800. The Bertz CT molecular complexity index is 227. The van der Waals surface area contributed by atoms with Crippen molar-refractivity contribution in [2.45, 2.75) is 58.9 Å². The van der Waals surface area contributed by atoms with Crippen LogP contribution in [0.4, 0.5) is 0 Å². The second-order valence-corrected chi connectivity index (χ2v) is 6.71. The smallest absolute Gasteiger partial charge is 0.00925 e. The van der Waals surface area contributed by atoms with Gasteiger partial charge in [0.2, 0.25) is 0 Å². The highest BCUT2D eigenvalue weighted by atomic mass is 15.1. The molecule has 2 fully saturated rings. The second-order valence-electron chi connectivity index (χ2n) is 6.71. The van der Waals surface area contributed by atoms with Crippen molar-refractivity contribution < 1.29 is 0 Å². The molecule has 0 bridgehead atoms. The summed E-state index contributed by atoms with van der Waals surface area (Å²) in [5.41, 5.74) is 0.626. The molecule has 1 atom stereocenters. The molecule has 1 aliphatic heterocycles. The van der Waals surface area contributed by atoms with Gasteiger partial charge in [-0.2, -0.15) is 0 Å². The molecule has 1 N–H and O–H groups in total. The summed E-state index contributed by atoms with van der Waals surface area (Å²) in [6.45, 7) is 12.3. The molecule has 2 rings (SSSR count). The van der Waals surface area contributed by atoms with E-state index >= 15 is 0 Å². The topological polar surface area (TPSA) is 15.3 Å². The molecular formula is C15H30N2. The predicted octanol–water partition coefficient (Wildman–Crippen LogP) is 2.89. The van der Waals surface area contributed by atoms with E-state index in [2.05, 4.69) is 31.0 Å². The van der Waals surface area contributed by atoms with E-state index in [0.29, 0.717) is 11.5 Å². The van der Waals surface area contributed by atoms with E-state index in [1.54, 1.807) is 0 Å². The van der Waals surface area contributed by atoms with Gasteiger partial charge in [-0.1, -0.05) is 13.8 Å². The van der Waals surface area contributed by atoms with E-state index in [-0.39, 0.29) is 0 Å². The van der Waals surface area contributed by atoms with Gasteiger partial charge in [-0.15, -0.1) is 0 Å². The van der Waals surface area contributed by atoms with Crippen molar-refractivity contribution in [3.8, 4) is 0 Å². The number of hydrogen-bond donors (Lipinski definition) is 1. The van der Waals surface area contributed by atoms with Gasteiger partial charge >= 0.3 is 0 Å². The zero-order valence-corrected chi connectivity index (χ0v) is 12.0. The van der Waals surface area contributed by atoms with Crippen LogP contribution < -0.4 is 5.32 Å². The molecule has 1 aliphatic carbocycles. The molecule has 2 nitrogen and oxygen atoms in total. The normalized spacial score (nSPS) is 27.0. The van der Waals surface area contributed by atoms with Gasteiger partial charge < -0.3 is 10.2 Å². The van der Waals surface area contributed by atoms with Gasteiger partial charge in [0.05, 0.1) is 0 Å². The van der Waals surface area contributed by atoms with Crippen LogP contribution in [0, 0.1) is 11.3 Å². The first-order valence-electron chi connectivity index (χ1n) is 7.56. The maximum atomic E-state index is 3.71. The molecule has 100 valence electrons. The minimum absolute atomic E-state index is 0.626. The van der Waals surface area contributed by atoms with Crippen molar-refractivity contribution in [1.29, 1.82) is 0 Å². The fourth-order valence-electron chi connectivity index (χ4n) is 2.78. The SMILES string of the molecule is CC1CCN(CCCNC(C)C2(C)CC2)CC1. The van der Waals surface area contributed by atoms with Gasteiger partial charge in [0.25, 0.3) is 0 Å². The lowest BCUT2D eigenvalue weighted by Gasteiger charge is -2.30. The minimum Gasteiger partial charge on any atom is -0.314 e. The van der Waals surface area contributed by atoms with Gasteiger partial charge in [0.15, 0.2) is 0 Å². The molecule has 1 saturated carbocycles. The lowest BCUT2D eigenvalue weighted by atomic mass is 9.99. The van der Waals surface area contributed by atoms with Crippen molar-refractivity contribution in [2.24, 2.45) is 11.3 Å². The molecule has 0 spiro atoms. The Kier molecular flexibility index (Phi) is 4.48. The van der Waals surface area contributed by atoms with Crippen molar-refractivity contribution in [3.63, 3.8) is 0 Å². The quantitative estimate of drug-likeness (QED) is 0.716. The number of piperidine rings is 1. The molecular weight excluding hydrogens is 208 g/mol. The van der Waals surface area contributed by atoms with Crippen LogP contribution in [0.1, 0.15) is 52.9 Å². The van der Waals surface area contributed by atoms with Crippen LogP contribution in [-0.2, 0) is 0 Å². The van der Waals surface area contributed by atoms with Gasteiger partial charge in [0, 0.05) is 6.04 Å². The summed E-state index contributed by atoms with van der Waals surface area (Å²) >= 11 is 0. The zero-order chi connectivity index (χ0) is 12.3. The van der Waals surface area contributed by atoms with Gasteiger partial charge in [-0.3, -0.25) is 0 Å². The number of rotatable bonds is 6. The predicted molar refractivity (Wildman–Crippen MR) is 74.3 cm³/mol. The van der Waals surface area contributed by atoms with E-state index in [0.717, 1.165) is 5.92 Å². The summed E-state index contributed by atoms with van der Waals surface area (Å²) in [4.78, 5) is 2.64. The maximum absolute atomic E-state index is 3.71. The molecule has 2 heteroatoms. The third-order valence-electron chi connectivity index (χ3n) is 5.06. The zero-order valence-electron chi connectivity index (χ0n) is 12.0. The first-order chi connectivity index (χ1) is 8.10. The van der Waals surface area contributed by atoms with Crippen LogP contribution in [0.2, 0.25) is 0 Å². The van der Waals surface area contributed by atoms with Crippen LogP contribution in [0.25, 0.3) is 0 Å². The molecule has 0 aromatic carbocycles. The fourth-order valence-corrected chi connectivity index (χ4v) is 2.78. The van der Waals surface area contributed by atoms with E-state index in [4.69, 9.17) is 0 Å². The third kappa shape index (κ3) is 3.96. The molecule has 1 unspecified atom stereocenters. The first kappa shape index (κ1) is 13.4. The summed E-state index contributed by atoms with van der Waals surface area (Å²) < 4.78 is 0. The van der Waals surface area contributed by atoms with Crippen LogP contribution >= 0.6 is 0 Å². The number of hydrogen-bond acceptors (Lipinski definition) is 2. The number of nitrogens with one attached hydrogen (secondary N) is 1. The second kappa shape index (κ2) is 5.71. The Labute approximate surface area is 107 Å². The largest absolute Gasteiger partial charge is 0.314 e. The van der Waals surface area contributed by atoms with E-state index < -0.39 is 0 Å². The highest BCUT2D eigenvalue weighted by Gasteiger charge is 2.41. The molecule has 1 heterocycles. The minimum atomic E-state index is 0.626. The van der Waals surface area contributed by atoms with Crippen LogP contribution in [-0.4, -0.2) is 37.1 Å². The van der Waals surface area contributed by atoms with Crippen molar-refractivity contribution in [1.82, 2.24) is 10.2 Å². The lowest BCUT2D eigenvalue weighted by Crippen LogP contribution is -2.37. The first-order valence-corrected chi connectivity index (χ1v) is 7.56. The van der Waals surface area contributed by atoms with Crippen molar-refractivity contribution >= 4 is 0 Å². The van der Waals surface area contributed by atoms with Crippen LogP contribution in [0.5, 0.6) is 0 Å². The molecule has 0 amide bonds. The average molecular weight is 238 g/mol. The standard InChI is InChI=1S/C15H30N2/c1-13-5-11-17(12-6-13)10-4-9-16-14(2)15(3)7-8-15/h13-14,16H,4-12H2,1-3H3. The van der Waals surface area contributed by atoms with Gasteiger partial charge in [-0.05, 0) is 76.5 Å². The molecule has 2 aliphatic rings. The van der Waals surface area contributed by atoms with Gasteiger partial charge in [0.1, 0.15) is 0 Å². The summed E-state index contributed by atoms with van der Waals surface area (Å²) in [5.74, 6) is 0.958. The summed E-state index contributed by atoms with van der Waals surface area (Å²) in [6.07, 6.45) is 6.97. The van der Waals surface area contributed by atoms with E-state index in [1.165, 1.54) is 58.3 Å². The highest BCUT2D eigenvalue weighted by Crippen LogP contribution is 2.47. The van der Waals surface area contributed by atoms with Crippen molar-refractivity contribution in [3.05, 3.63) is 0 Å². The van der Waals surface area contributed by atoms with Crippen LogP contribution in [0.15, 0.2) is 0 Å². The molecule has 17 heavy (non-hydrogen) atoms. The molecule has 0 aromatic rings. The lowest BCUT2D eigenvalue weighted by molar-refractivity contribution is 0.189. The fraction of sp³-hybridized carbons (Fsp3) is 1.00. The van der Waals surface area contributed by atoms with E-state index in [9.17, 15) is 0 Å². The Morgan fingerprint density at radius 3 is 2.53 bits per heavy atom. The van der Waals surface area contributed by atoms with Crippen molar-refractivity contribution in [2.75, 3.05) is 26.2 Å². The number of nitrogens with zero attached hydrogens (tertiary/aromatic N) is 1. The Morgan fingerprint density at radius 2 is 1.94 bits per heavy atom.